The van der Waals surface area contributed by atoms with Crippen molar-refractivity contribution in [2.75, 3.05) is 0 Å². The minimum Gasteiger partial charge on any atom is -0.271 e. The van der Waals surface area contributed by atoms with Crippen LogP contribution in [0.5, 0.6) is 0 Å². The standard InChI is InChI=1S/C15H12F3N5O/c1-10(12-4-2-11(8-19)3-5-12)20-21-14(24)9-23-7-6-13(22-23)15(16,17)18/h2-7H,9H2,1H3,(H,21,24)/b20-10-. The van der Waals surface area contributed by atoms with Gasteiger partial charge in [-0.2, -0.15) is 28.6 Å². The highest BCUT2D eigenvalue weighted by Crippen LogP contribution is 2.27. The highest BCUT2D eigenvalue weighted by molar-refractivity contribution is 5.99. The predicted octanol–water partition coefficient (Wildman–Crippen LogP) is 2.31. The fraction of sp³-hybridized carbons (Fsp3) is 0.200. The summed E-state index contributed by atoms with van der Waals surface area (Å²) in [5.41, 5.74) is 2.87. The number of halogens is 3. The zero-order valence-electron chi connectivity index (χ0n) is 12.5. The van der Waals surface area contributed by atoms with Gasteiger partial charge in [0.25, 0.3) is 5.91 Å². The van der Waals surface area contributed by atoms with Crippen molar-refractivity contribution in [2.45, 2.75) is 19.6 Å². The Morgan fingerprint density at radius 3 is 2.54 bits per heavy atom. The first kappa shape index (κ1) is 17.2. The molecule has 0 saturated heterocycles. The molecule has 0 spiro atoms. The van der Waals surface area contributed by atoms with Crippen LogP contribution in [0.2, 0.25) is 0 Å². The number of carbonyl (C=O) groups is 1. The minimum atomic E-state index is -4.55. The zero-order valence-corrected chi connectivity index (χ0v) is 12.5. The van der Waals surface area contributed by atoms with Crippen LogP contribution in [0.15, 0.2) is 41.6 Å². The molecule has 0 atom stereocenters. The normalized spacial score (nSPS) is 11.9. The van der Waals surface area contributed by atoms with E-state index in [1.54, 1.807) is 31.2 Å². The minimum absolute atomic E-state index is 0.389. The van der Waals surface area contributed by atoms with Crippen LogP contribution in [-0.4, -0.2) is 21.4 Å². The van der Waals surface area contributed by atoms with E-state index in [4.69, 9.17) is 5.26 Å². The second-order valence-corrected chi connectivity index (χ2v) is 4.82. The molecule has 0 radical (unpaired) electrons. The van der Waals surface area contributed by atoms with Gasteiger partial charge >= 0.3 is 6.18 Å². The number of hydrazone groups is 1. The average Bonchev–Trinajstić information content (AvgIpc) is 3.01. The number of nitrogens with zero attached hydrogens (tertiary/aromatic N) is 4. The van der Waals surface area contributed by atoms with E-state index in [0.29, 0.717) is 16.8 Å². The Bertz CT molecular complexity index is 800. The number of hydrogen-bond acceptors (Lipinski definition) is 4. The number of rotatable bonds is 4. The molecule has 2 rings (SSSR count). The lowest BCUT2D eigenvalue weighted by molar-refractivity contribution is -0.141. The number of alkyl halides is 3. The second-order valence-electron chi connectivity index (χ2n) is 4.82. The van der Waals surface area contributed by atoms with E-state index in [1.165, 1.54) is 0 Å². The number of nitrogens with one attached hydrogen (secondary N) is 1. The molecule has 124 valence electrons. The Morgan fingerprint density at radius 2 is 2.00 bits per heavy atom. The van der Waals surface area contributed by atoms with Crippen LogP contribution in [0.1, 0.15) is 23.7 Å². The Morgan fingerprint density at radius 1 is 1.33 bits per heavy atom. The third-order valence-corrected chi connectivity index (χ3v) is 3.02. The largest absolute Gasteiger partial charge is 0.435 e. The Labute approximate surface area is 135 Å². The van der Waals surface area contributed by atoms with E-state index in [2.05, 4.69) is 15.6 Å². The number of aromatic nitrogens is 2. The van der Waals surface area contributed by atoms with Gasteiger partial charge in [-0.05, 0) is 30.7 Å². The van der Waals surface area contributed by atoms with Crippen LogP contribution in [0.4, 0.5) is 13.2 Å². The Balaban J connectivity index is 1.96. The summed E-state index contributed by atoms with van der Waals surface area (Å²) in [6, 6.07) is 9.34. The van der Waals surface area contributed by atoms with Crippen molar-refractivity contribution in [3.8, 4) is 6.07 Å². The van der Waals surface area contributed by atoms with Crippen molar-refractivity contribution < 1.29 is 18.0 Å². The molecular weight excluding hydrogens is 323 g/mol. The van der Waals surface area contributed by atoms with E-state index in [9.17, 15) is 18.0 Å². The van der Waals surface area contributed by atoms with Gasteiger partial charge in [0.15, 0.2) is 5.69 Å². The van der Waals surface area contributed by atoms with E-state index in [0.717, 1.165) is 16.9 Å². The lowest BCUT2D eigenvalue weighted by Crippen LogP contribution is -2.24. The first-order chi connectivity index (χ1) is 11.3. The molecule has 6 nitrogen and oxygen atoms in total. The van der Waals surface area contributed by atoms with E-state index in [-0.39, 0.29) is 6.54 Å². The average molecular weight is 335 g/mol. The van der Waals surface area contributed by atoms with E-state index in [1.807, 2.05) is 6.07 Å². The molecule has 0 aliphatic heterocycles. The van der Waals surface area contributed by atoms with Gasteiger partial charge in [0, 0.05) is 6.20 Å². The van der Waals surface area contributed by atoms with E-state index < -0.39 is 17.8 Å². The molecule has 1 N–H and O–H groups in total. The Hall–Kier alpha value is -3.15. The van der Waals surface area contributed by atoms with Crippen LogP contribution >= 0.6 is 0 Å². The van der Waals surface area contributed by atoms with Crippen LogP contribution in [-0.2, 0) is 17.5 Å². The van der Waals surface area contributed by atoms with Gasteiger partial charge in [-0.15, -0.1) is 0 Å². The predicted molar refractivity (Wildman–Crippen MR) is 78.7 cm³/mol. The van der Waals surface area contributed by atoms with E-state index >= 15 is 0 Å². The van der Waals surface area contributed by atoms with Gasteiger partial charge in [-0.3, -0.25) is 9.48 Å². The molecule has 1 heterocycles. The number of hydrogen-bond donors (Lipinski definition) is 1. The Kier molecular flexibility index (Phi) is 4.99. The summed E-state index contributed by atoms with van der Waals surface area (Å²) >= 11 is 0. The van der Waals surface area contributed by atoms with Crippen molar-refractivity contribution in [3.05, 3.63) is 53.3 Å². The van der Waals surface area contributed by atoms with Crippen LogP contribution in [0.3, 0.4) is 0 Å². The fourth-order valence-corrected chi connectivity index (χ4v) is 1.78. The summed E-state index contributed by atoms with van der Waals surface area (Å²) in [7, 11) is 0. The molecule has 0 saturated carbocycles. The molecule has 1 amide bonds. The maximum Gasteiger partial charge on any atom is 0.435 e. The molecule has 1 aromatic carbocycles. The van der Waals surface area contributed by atoms with Crippen molar-refractivity contribution in [1.82, 2.24) is 15.2 Å². The summed E-state index contributed by atoms with van der Waals surface area (Å²) in [5, 5.41) is 15.9. The van der Waals surface area contributed by atoms with Gasteiger partial charge in [-0.1, -0.05) is 12.1 Å². The number of amides is 1. The zero-order chi connectivity index (χ0) is 17.7. The lowest BCUT2D eigenvalue weighted by Gasteiger charge is -2.04. The molecule has 0 fully saturated rings. The summed E-state index contributed by atoms with van der Waals surface area (Å²) in [6.07, 6.45) is -3.48. The number of benzene rings is 1. The van der Waals surface area contributed by atoms with Crippen molar-refractivity contribution in [2.24, 2.45) is 5.10 Å². The summed E-state index contributed by atoms with van der Waals surface area (Å²) < 4.78 is 38.1. The van der Waals surface area contributed by atoms with Crippen molar-refractivity contribution in [1.29, 1.82) is 5.26 Å². The fourth-order valence-electron chi connectivity index (χ4n) is 1.78. The molecule has 2 aromatic rings. The summed E-state index contributed by atoms with van der Waals surface area (Å²) in [5.74, 6) is -0.611. The van der Waals surface area contributed by atoms with Crippen LogP contribution < -0.4 is 5.43 Å². The lowest BCUT2D eigenvalue weighted by atomic mass is 10.1. The van der Waals surface area contributed by atoms with Gasteiger partial charge in [-0.25, -0.2) is 5.43 Å². The van der Waals surface area contributed by atoms with Crippen molar-refractivity contribution in [3.63, 3.8) is 0 Å². The summed E-state index contributed by atoms with van der Waals surface area (Å²) in [4.78, 5) is 11.7. The molecule has 9 heteroatoms. The van der Waals surface area contributed by atoms with Gasteiger partial charge in [0.2, 0.25) is 0 Å². The van der Waals surface area contributed by atoms with Gasteiger partial charge < -0.3 is 0 Å². The molecule has 1 aromatic heterocycles. The molecule has 0 unspecified atom stereocenters. The number of nitriles is 1. The van der Waals surface area contributed by atoms with Crippen molar-refractivity contribution >= 4 is 11.6 Å². The quantitative estimate of drug-likeness (QED) is 0.687. The monoisotopic (exact) mass is 335 g/mol. The highest BCUT2D eigenvalue weighted by atomic mass is 19.4. The maximum atomic E-state index is 12.4. The van der Waals surface area contributed by atoms with Crippen LogP contribution in [0.25, 0.3) is 0 Å². The SMILES string of the molecule is C/C(=N/NC(=O)Cn1ccc(C(F)(F)F)n1)c1ccc(C#N)cc1. The number of carbonyl (C=O) groups excluding carboxylic acids is 1. The third kappa shape index (κ3) is 4.42. The molecular formula is C15H12F3N5O. The maximum absolute atomic E-state index is 12.4. The summed E-state index contributed by atoms with van der Waals surface area (Å²) in [6.45, 7) is 1.26. The first-order valence-corrected chi connectivity index (χ1v) is 6.74. The smallest absolute Gasteiger partial charge is 0.271 e. The topological polar surface area (TPSA) is 83.1 Å². The first-order valence-electron chi connectivity index (χ1n) is 6.74. The highest BCUT2D eigenvalue weighted by Gasteiger charge is 2.33. The van der Waals surface area contributed by atoms with Gasteiger partial charge in [0.1, 0.15) is 6.54 Å². The second kappa shape index (κ2) is 6.95. The van der Waals surface area contributed by atoms with Gasteiger partial charge in [0.05, 0.1) is 17.3 Å². The van der Waals surface area contributed by atoms with Crippen LogP contribution in [0, 0.1) is 11.3 Å². The molecule has 0 aliphatic carbocycles. The molecule has 24 heavy (non-hydrogen) atoms. The molecule has 0 aliphatic rings. The third-order valence-electron chi connectivity index (χ3n) is 3.02. The molecule has 0 bridgehead atoms.